The lowest BCUT2D eigenvalue weighted by Crippen LogP contribution is -1.88. The second-order valence-corrected chi connectivity index (χ2v) is 6.61. The molecule has 4 aromatic heterocycles. The lowest BCUT2D eigenvalue weighted by atomic mass is 10.2. The van der Waals surface area contributed by atoms with E-state index in [1.807, 2.05) is 54.6 Å². The second-order valence-electron chi connectivity index (χ2n) is 5.69. The molecule has 5 heteroatoms. The molecule has 128 valence electrons. The molecule has 0 bridgehead atoms. The van der Waals surface area contributed by atoms with Crippen molar-refractivity contribution in [3.05, 3.63) is 95.0 Å². The second kappa shape index (κ2) is 7.90. The zero-order chi connectivity index (χ0) is 18.5. The Balaban J connectivity index is 1.50. The van der Waals surface area contributed by atoms with Gasteiger partial charge in [-0.3, -0.25) is 19.9 Å². The van der Waals surface area contributed by atoms with Gasteiger partial charge < -0.3 is 0 Å². The Hall–Kier alpha value is -3.36. The van der Waals surface area contributed by atoms with Crippen LogP contribution < -0.4 is 0 Å². The van der Waals surface area contributed by atoms with Gasteiger partial charge in [0.25, 0.3) is 0 Å². The van der Waals surface area contributed by atoms with Gasteiger partial charge >= 0.3 is 0 Å². The van der Waals surface area contributed by atoms with E-state index in [0.717, 1.165) is 38.4 Å². The SMILES string of the molecule is Brc1ccc(-c2ccc(C#Cc3ccc(-c4ccccn4)nc3)cn2)nc1. The third-order valence-corrected chi connectivity index (χ3v) is 4.26. The zero-order valence-corrected chi connectivity index (χ0v) is 15.8. The minimum Gasteiger partial charge on any atom is -0.255 e. The van der Waals surface area contributed by atoms with Crippen molar-refractivity contribution in [2.24, 2.45) is 0 Å². The van der Waals surface area contributed by atoms with Crippen LogP contribution in [0.1, 0.15) is 11.1 Å². The van der Waals surface area contributed by atoms with E-state index in [1.165, 1.54) is 0 Å². The van der Waals surface area contributed by atoms with Gasteiger partial charge in [-0.15, -0.1) is 0 Å². The summed E-state index contributed by atoms with van der Waals surface area (Å²) < 4.78 is 0.941. The van der Waals surface area contributed by atoms with E-state index in [9.17, 15) is 0 Å². The van der Waals surface area contributed by atoms with Crippen molar-refractivity contribution in [2.75, 3.05) is 0 Å². The van der Waals surface area contributed by atoms with Crippen molar-refractivity contribution in [1.29, 1.82) is 0 Å². The fourth-order valence-electron chi connectivity index (χ4n) is 2.42. The molecular weight excluding hydrogens is 400 g/mol. The highest BCUT2D eigenvalue weighted by molar-refractivity contribution is 9.10. The van der Waals surface area contributed by atoms with Gasteiger partial charge in [0.15, 0.2) is 0 Å². The molecule has 0 aliphatic carbocycles. The number of pyridine rings is 4. The Morgan fingerprint density at radius 1 is 0.556 bits per heavy atom. The molecule has 0 aliphatic heterocycles. The van der Waals surface area contributed by atoms with Crippen LogP contribution in [0.3, 0.4) is 0 Å². The molecule has 0 atom stereocenters. The van der Waals surface area contributed by atoms with Crippen molar-refractivity contribution in [2.45, 2.75) is 0 Å². The van der Waals surface area contributed by atoms with Gasteiger partial charge in [-0.1, -0.05) is 17.9 Å². The van der Waals surface area contributed by atoms with Crippen LogP contribution >= 0.6 is 15.9 Å². The number of nitrogens with zero attached hydrogens (tertiary/aromatic N) is 4. The Labute approximate surface area is 165 Å². The third kappa shape index (κ3) is 4.25. The third-order valence-electron chi connectivity index (χ3n) is 3.80. The van der Waals surface area contributed by atoms with Crippen molar-refractivity contribution >= 4 is 15.9 Å². The molecule has 4 aromatic rings. The summed E-state index contributed by atoms with van der Waals surface area (Å²) in [4.78, 5) is 17.5. The van der Waals surface area contributed by atoms with Crippen LogP contribution in [0.15, 0.2) is 83.9 Å². The minimum absolute atomic E-state index is 0.814. The first-order valence-electron chi connectivity index (χ1n) is 8.25. The first-order valence-corrected chi connectivity index (χ1v) is 9.05. The maximum absolute atomic E-state index is 4.44. The van der Waals surface area contributed by atoms with Gasteiger partial charge in [0.2, 0.25) is 0 Å². The van der Waals surface area contributed by atoms with Crippen LogP contribution in [0, 0.1) is 11.8 Å². The van der Waals surface area contributed by atoms with Crippen molar-refractivity contribution in [3.8, 4) is 34.6 Å². The molecular formula is C22H13BrN4. The predicted molar refractivity (Wildman–Crippen MR) is 109 cm³/mol. The molecule has 0 saturated heterocycles. The molecule has 4 rings (SSSR count). The molecule has 0 N–H and O–H groups in total. The molecule has 0 unspecified atom stereocenters. The van der Waals surface area contributed by atoms with E-state index in [2.05, 4.69) is 47.7 Å². The van der Waals surface area contributed by atoms with E-state index < -0.39 is 0 Å². The van der Waals surface area contributed by atoms with Gasteiger partial charge in [0.05, 0.1) is 22.8 Å². The highest BCUT2D eigenvalue weighted by Gasteiger charge is 2.01. The highest BCUT2D eigenvalue weighted by atomic mass is 79.9. The smallest absolute Gasteiger partial charge is 0.0887 e. The average molecular weight is 413 g/mol. The molecule has 0 aliphatic rings. The molecule has 4 heterocycles. The Morgan fingerprint density at radius 3 is 1.56 bits per heavy atom. The summed E-state index contributed by atoms with van der Waals surface area (Å²) in [5.41, 5.74) is 4.99. The summed E-state index contributed by atoms with van der Waals surface area (Å²) in [5, 5.41) is 0. The number of halogens is 1. The van der Waals surface area contributed by atoms with Gasteiger partial charge in [-0.25, -0.2) is 0 Å². The molecule has 0 saturated carbocycles. The topological polar surface area (TPSA) is 51.6 Å². The summed E-state index contributed by atoms with van der Waals surface area (Å²) in [6.07, 6.45) is 7.02. The fourth-order valence-corrected chi connectivity index (χ4v) is 2.66. The molecule has 27 heavy (non-hydrogen) atoms. The Bertz CT molecular complexity index is 1100. The Morgan fingerprint density at radius 2 is 1.11 bits per heavy atom. The summed E-state index contributed by atoms with van der Waals surface area (Å²) in [7, 11) is 0. The van der Waals surface area contributed by atoms with E-state index >= 15 is 0 Å². The number of aromatic nitrogens is 4. The van der Waals surface area contributed by atoms with Crippen LogP contribution in [0.2, 0.25) is 0 Å². The normalized spacial score (nSPS) is 10.1. The van der Waals surface area contributed by atoms with Gasteiger partial charge in [-0.05, 0) is 64.5 Å². The minimum atomic E-state index is 0.814. The lowest BCUT2D eigenvalue weighted by Gasteiger charge is -2.00. The van der Waals surface area contributed by atoms with Gasteiger partial charge in [-0.2, -0.15) is 0 Å². The average Bonchev–Trinajstić information content (AvgIpc) is 2.74. The number of hydrogen-bond acceptors (Lipinski definition) is 4. The molecule has 0 fully saturated rings. The first-order chi connectivity index (χ1) is 13.3. The first kappa shape index (κ1) is 17.1. The highest BCUT2D eigenvalue weighted by Crippen LogP contribution is 2.17. The van der Waals surface area contributed by atoms with Crippen LogP contribution in [0.25, 0.3) is 22.8 Å². The summed E-state index contributed by atoms with van der Waals surface area (Å²) >= 11 is 3.38. The van der Waals surface area contributed by atoms with Crippen LogP contribution in [-0.4, -0.2) is 19.9 Å². The van der Waals surface area contributed by atoms with Crippen molar-refractivity contribution in [3.63, 3.8) is 0 Å². The monoisotopic (exact) mass is 412 g/mol. The largest absolute Gasteiger partial charge is 0.255 e. The lowest BCUT2D eigenvalue weighted by molar-refractivity contribution is 1.23. The van der Waals surface area contributed by atoms with Gasteiger partial charge in [0, 0.05) is 40.4 Å². The molecule has 0 amide bonds. The van der Waals surface area contributed by atoms with E-state index in [0.29, 0.717) is 0 Å². The number of rotatable bonds is 2. The Kier molecular flexibility index (Phi) is 4.99. The molecule has 0 spiro atoms. The van der Waals surface area contributed by atoms with Crippen molar-refractivity contribution in [1.82, 2.24) is 19.9 Å². The summed E-state index contributed by atoms with van der Waals surface area (Å²) in [5.74, 6) is 6.22. The fraction of sp³-hybridized carbons (Fsp3) is 0. The van der Waals surface area contributed by atoms with E-state index in [-0.39, 0.29) is 0 Å². The molecule has 0 aromatic carbocycles. The maximum Gasteiger partial charge on any atom is 0.0887 e. The van der Waals surface area contributed by atoms with Crippen LogP contribution in [0.4, 0.5) is 0 Å². The van der Waals surface area contributed by atoms with Crippen LogP contribution in [-0.2, 0) is 0 Å². The molecule has 4 nitrogen and oxygen atoms in total. The summed E-state index contributed by atoms with van der Waals surface area (Å²) in [6, 6.07) is 17.3. The van der Waals surface area contributed by atoms with Crippen LogP contribution in [0.5, 0.6) is 0 Å². The maximum atomic E-state index is 4.44. The zero-order valence-electron chi connectivity index (χ0n) is 14.2. The quantitative estimate of drug-likeness (QED) is 0.445. The van der Waals surface area contributed by atoms with Gasteiger partial charge in [0.1, 0.15) is 0 Å². The predicted octanol–water partition coefficient (Wildman–Crippen LogP) is 4.76. The number of hydrogen-bond donors (Lipinski definition) is 0. The standard InChI is InChI=1S/C22H13BrN4/c23-18-8-11-22(27-15-18)21-10-7-17(14-26-21)5-4-16-6-9-20(25-13-16)19-3-1-2-12-24-19/h1-3,6-15H. The van der Waals surface area contributed by atoms with E-state index in [4.69, 9.17) is 0 Å². The van der Waals surface area contributed by atoms with E-state index in [1.54, 1.807) is 24.8 Å². The summed E-state index contributed by atoms with van der Waals surface area (Å²) in [6.45, 7) is 0. The van der Waals surface area contributed by atoms with Crippen molar-refractivity contribution < 1.29 is 0 Å². The molecule has 0 radical (unpaired) electrons.